The lowest BCUT2D eigenvalue weighted by atomic mass is 9.99. The Morgan fingerprint density at radius 1 is 1.11 bits per heavy atom. The van der Waals surface area contributed by atoms with Gasteiger partial charge in [0.25, 0.3) is 0 Å². The number of rotatable bonds is 10. The Bertz CT molecular complexity index is 817. The molecule has 0 aliphatic carbocycles. The van der Waals surface area contributed by atoms with E-state index in [1.165, 1.54) is 6.20 Å². The van der Waals surface area contributed by atoms with Crippen molar-refractivity contribution in [3.8, 4) is 0 Å². The number of hydrogen-bond donors (Lipinski definition) is 0. The molecule has 0 atom stereocenters. The maximum atomic E-state index is 13.0. The maximum absolute atomic E-state index is 13.0. The lowest BCUT2D eigenvalue weighted by molar-refractivity contribution is -0.130. The smallest absolute Gasteiger partial charge is 0.340 e. The van der Waals surface area contributed by atoms with E-state index in [-0.39, 0.29) is 12.3 Å². The van der Waals surface area contributed by atoms with Gasteiger partial charge in [-0.05, 0) is 43.0 Å². The molecule has 2 rings (SSSR count). The molecule has 1 aromatic heterocycles. The van der Waals surface area contributed by atoms with Crippen LogP contribution >= 0.6 is 11.6 Å². The van der Waals surface area contributed by atoms with Crippen LogP contribution in [0.3, 0.4) is 0 Å². The Morgan fingerprint density at radius 3 is 2.46 bits per heavy atom. The van der Waals surface area contributed by atoms with Gasteiger partial charge in [-0.25, -0.2) is 4.79 Å². The average Bonchev–Trinajstić information content (AvgIpc) is 2.68. The topological polar surface area (TPSA) is 59.5 Å². The van der Waals surface area contributed by atoms with Gasteiger partial charge in [-0.2, -0.15) is 0 Å². The van der Waals surface area contributed by atoms with E-state index in [0.717, 1.165) is 31.1 Å². The summed E-state index contributed by atoms with van der Waals surface area (Å²) in [6, 6.07) is 5.31. The minimum absolute atomic E-state index is 0.00113. The lowest BCUT2D eigenvalue weighted by Crippen LogP contribution is -2.34. The molecule has 0 radical (unpaired) electrons. The first kappa shape index (κ1) is 22.2. The van der Waals surface area contributed by atoms with Crippen LogP contribution in [0.2, 0.25) is 5.02 Å². The van der Waals surface area contributed by atoms with E-state index in [1.54, 1.807) is 18.2 Å². The number of amides is 1. The summed E-state index contributed by atoms with van der Waals surface area (Å²) in [5.41, 5.74) is 1.68. The zero-order chi connectivity index (χ0) is 20.5. The number of nitrogens with zero attached hydrogens (tertiary/aromatic N) is 2. The zero-order valence-corrected chi connectivity index (χ0v) is 17.7. The first-order valence-corrected chi connectivity index (χ1v) is 10.4. The Balaban J connectivity index is 2.43. The summed E-state index contributed by atoms with van der Waals surface area (Å²) in [5, 5.41) is 1.26. The molecule has 0 saturated heterocycles. The number of fused-ring (bicyclic) bond motifs is 1. The highest BCUT2D eigenvalue weighted by Crippen LogP contribution is 2.26. The fourth-order valence-corrected chi connectivity index (χ4v) is 3.31. The fraction of sp³-hybridized carbons (Fsp3) is 0.500. The summed E-state index contributed by atoms with van der Waals surface area (Å²) < 4.78 is 5.39. The fourth-order valence-electron chi connectivity index (χ4n) is 3.14. The van der Waals surface area contributed by atoms with Gasteiger partial charge in [-0.3, -0.25) is 9.78 Å². The number of aromatic nitrogens is 1. The molecule has 5 nitrogen and oxygen atoms in total. The van der Waals surface area contributed by atoms with Crippen LogP contribution in [0, 0.1) is 0 Å². The van der Waals surface area contributed by atoms with Crippen LogP contribution < -0.4 is 0 Å². The van der Waals surface area contributed by atoms with E-state index >= 15 is 0 Å². The van der Waals surface area contributed by atoms with Crippen LogP contribution in [0.4, 0.5) is 0 Å². The van der Waals surface area contributed by atoms with Crippen molar-refractivity contribution in [1.82, 2.24) is 9.88 Å². The predicted octanol–water partition coefficient (Wildman–Crippen LogP) is 5.04. The summed E-state index contributed by atoms with van der Waals surface area (Å²) in [6.45, 7) is 7.89. The molecule has 0 aliphatic rings. The largest absolute Gasteiger partial charge is 0.462 e. The standard InChI is InChI=1S/C22H29ClN2O3/c1-4-7-12-28-22(27)19-15-24-20-9-8-16(23)13-18(20)17(19)14-21(26)25(10-5-2)11-6-3/h8-9,13,15H,4-7,10-12,14H2,1-3H3. The number of carbonyl (C=O) groups is 2. The number of benzene rings is 1. The van der Waals surface area contributed by atoms with Crippen LogP contribution in [0.15, 0.2) is 24.4 Å². The van der Waals surface area contributed by atoms with Gasteiger partial charge >= 0.3 is 5.97 Å². The number of hydrogen-bond acceptors (Lipinski definition) is 4. The van der Waals surface area contributed by atoms with Crippen LogP contribution in [0.1, 0.15) is 62.4 Å². The SMILES string of the molecule is CCCCOC(=O)c1cnc2ccc(Cl)cc2c1CC(=O)N(CCC)CCC. The molecular formula is C22H29ClN2O3. The molecule has 1 amide bonds. The molecule has 0 spiro atoms. The van der Waals surface area contributed by atoms with Gasteiger partial charge in [0.15, 0.2) is 0 Å². The number of carbonyl (C=O) groups excluding carboxylic acids is 2. The third-order valence-corrected chi connectivity index (χ3v) is 4.80. The Kier molecular flexibility index (Phi) is 8.71. The molecule has 28 heavy (non-hydrogen) atoms. The summed E-state index contributed by atoms with van der Waals surface area (Å²) >= 11 is 6.18. The van der Waals surface area contributed by atoms with Crippen LogP contribution in [0.25, 0.3) is 10.9 Å². The molecule has 2 aromatic rings. The van der Waals surface area contributed by atoms with Crippen LogP contribution in [-0.2, 0) is 16.0 Å². The van der Waals surface area contributed by atoms with Crippen LogP contribution in [-0.4, -0.2) is 41.5 Å². The molecular weight excluding hydrogens is 376 g/mol. The van der Waals surface area contributed by atoms with E-state index in [0.29, 0.717) is 41.4 Å². The Hall–Kier alpha value is -2.14. The molecule has 0 fully saturated rings. The quantitative estimate of drug-likeness (QED) is 0.411. The molecule has 0 bridgehead atoms. The number of unbranched alkanes of at least 4 members (excludes halogenated alkanes) is 1. The monoisotopic (exact) mass is 404 g/mol. The molecule has 0 aliphatic heterocycles. The normalized spacial score (nSPS) is 10.9. The van der Waals surface area contributed by atoms with Gasteiger partial charge in [0, 0.05) is 29.7 Å². The number of halogens is 1. The maximum Gasteiger partial charge on any atom is 0.340 e. The highest BCUT2D eigenvalue weighted by molar-refractivity contribution is 6.31. The average molecular weight is 405 g/mol. The number of pyridine rings is 1. The molecule has 152 valence electrons. The van der Waals surface area contributed by atoms with E-state index in [1.807, 2.05) is 25.7 Å². The highest BCUT2D eigenvalue weighted by Gasteiger charge is 2.21. The van der Waals surface area contributed by atoms with Crippen LogP contribution in [0.5, 0.6) is 0 Å². The third kappa shape index (κ3) is 5.68. The van der Waals surface area contributed by atoms with E-state index in [2.05, 4.69) is 4.98 Å². The summed E-state index contributed by atoms with van der Waals surface area (Å²) in [7, 11) is 0. The van der Waals surface area contributed by atoms with Crippen molar-refractivity contribution in [1.29, 1.82) is 0 Å². The molecule has 0 saturated carbocycles. The first-order valence-electron chi connectivity index (χ1n) is 10.0. The summed E-state index contributed by atoms with van der Waals surface area (Å²) in [6.07, 6.45) is 5.15. The lowest BCUT2D eigenvalue weighted by Gasteiger charge is -2.22. The minimum atomic E-state index is -0.442. The van der Waals surface area contributed by atoms with Gasteiger partial charge in [0.2, 0.25) is 5.91 Å². The summed E-state index contributed by atoms with van der Waals surface area (Å²) in [5.74, 6) is -0.443. The zero-order valence-electron chi connectivity index (χ0n) is 17.0. The van der Waals surface area contributed by atoms with E-state index in [9.17, 15) is 9.59 Å². The van der Waals surface area contributed by atoms with Crippen molar-refractivity contribution in [2.24, 2.45) is 0 Å². The Morgan fingerprint density at radius 2 is 1.82 bits per heavy atom. The number of ether oxygens (including phenoxy) is 1. The second kappa shape index (κ2) is 11.0. The van der Waals surface area contributed by atoms with Crippen molar-refractivity contribution < 1.29 is 14.3 Å². The molecule has 1 aromatic carbocycles. The molecule has 0 N–H and O–H groups in total. The van der Waals surface area contributed by atoms with Gasteiger partial charge in [0.1, 0.15) is 0 Å². The van der Waals surface area contributed by atoms with Crippen molar-refractivity contribution in [3.05, 3.63) is 40.5 Å². The van der Waals surface area contributed by atoms with Gasteiger partial charge in [-0.15, -0.1) is 0 Å². The molecule has 6 heteroatoms. The van der Waals surface area contributed by atoms with Crippen molar-refractivity contribution in [3.63, 3.8) is 0 Å². The van der Waals surface area contributed by atoms with Crippen molar-refractivity contribution in [2.45, 2.75) is 52.9 Å². The first-order chi connectivity index (χ1) is 13.5. The second-order valence-corrected chi connectivity index (χ2v) is 7.30. The highest BCUT2D eigenvalue weighted by atomic mass is 35.5. The summed E-state index contributed by atoms with van der Waals surface area (Å²) in [4.78, 5) is 31.9. The van der Waals surface area contributed by atoms with E-state index in [4.69, 9.17) is 16.3 Å². The third-order valence-electron chi connectivity index (χ3n) is 4.56. The second-order valence-electron chi connectivity index (χ2n) is 6.86. The molecule has 0 unspecified atom stereocenters. The number of esters is 1. The Labute approximate surface area is 172 Å². The molecule has 1 heterocycles. The van der Waals surface area contributed by atoms with Crippen molar-refractivity contribution in [2.75, 3.05) is 19.7 Å². The van der Waals surface area contributed by atoms with Gasteiger partial charge in [-0.1, -0.05) is 38.8 Å². The van der Waals surface area contributed by atoms with Gasteiger partial charge in [0.05, 0.1) is 24.1 Å². The van der Waals surface area contributed by atoms with Gasteiger partial charge < -0.3 is 9.64 Å². The van der Waals surface area contributed by atoms with E-state index < -0.39 is 5.97 Å². The van der Waals surface area contributed by atoms with Crippen molar-refractivity contribution >= 4 is 34.4 Å². The predicted molar refractivity (Wildman–Crippen MR) is 113 cm³/mol. The minimum Gasteiger partial charge on any atom is -0.462 e.